The number of ketones is 1. The van der Waals surface area contributed by atoms with Crippen molar-refractivity contribution in [3.05, 3.63) is 52.8 Å². The van der Waals surface area contributed by atoms with Gasteiger partial charge in [0.25, 0.3) is 0 Å². The van der Waals surface area contributed by atoms with Gasteiger partial charge >= 0.3 is 5.97 Å². The Morgan fingerprint density at radius 3 is 2.32 bits per heavy atom. The smallest absolute Gasteiger partial charge is 0.338 e. The SMILES string of the molecule is CC(=O)c1ccc(-c2cnc(Cl)c(C(=O)O)c2)cc1. The van der Waals surface area contributed by atoms with Gasteiger partial charge in [-0.15, -0.1) is 0 Å². The molecule has 96 valence electrons. The number of aromatic carboxylic acids is 1. The molecule has 2 rings (SSSR count). The molecule has 0 saturated heterocycles. The van der Waals surface area contributed by atoms with Crippen LogP contribution in [0.25, 0.3) is 11.1 Å². The van der Waals surface area contributed by atoms with Gasteiger partial charge in [-0.25, -0.2) is 9.78 Å². The number of hydrogen-bond acceptors (Lipinski definition) is 3. The predicted octanol–water partition coefficient (Wildman–Crippen LogP) is 3.30. The van der Waals surface area contributed by atoms with Gasteiger partial charge in [-0.05, 0) is 18.6 Å². The monoisotopic (exact) mass is 275 g/mol. The van der Waals surface area contributed by atoms with Gasteiger partial charge in [-0.3, -0.25) is 4.79 Å². The molecular formula is C14H10ClNO3. The molecule has 1 aromatic carbocycles. The summed E-state index contributed by atoms with van der Waals surface area (Å²) >= 11 is 5.71. The first-order valence-corrected chi connectivity index (χ1v) is 5.87. The molecular weight excluding hydrogens is 266 g/mol. The fourth-order valence-corrected chi connectivity index (χ4v) is 1.84. The lowest BCUT2D eigenvalue weighted by Gasteiger charge is -2.05. The second-order valence-electron chi connectivity index (χ2n) is 4.00. The first kappa shape index (κ1) is 13.2. The van der Waals surface area contributed by atoms with Gasteiger partial charge in [0.15, 0.2) is 5.78 Å². The van der Waals surface area contributed by atoms with Crippen LogP contribution in [0, 0.1) is 0 Å². The Balaban J connectivity index is 2.44. The summed E-state index contributed by atoms with van der Waals surface area (Å²) < 4.78 is 0. The molecule has 0 aliphatic rings. The number of pyridine rings is 1. The normalized spacial score (nSPS) is 10.2. The van der Waals surface area contributed by atoms with Crippen LogP contribution >= 0.6 is 11.6 Å². The number of halogens is 1. The summed E-state index contributed by atoms with van der Waals surface area (Å²) in [7, 11) is 0. The van der Waals surface area contributed by atoms with E-state index in [-0.39, 0.29) is 16.5 Å². The van der Waals surface area contributed by atoms with E-state index in [1.165, 1.54) is 19.2 Å². The summed E-state index contributed by atoms with van der Waals surface area (Å²) in [6, 6.07) is 8.32. The topological polar surface area (TPSA) is 67.3 Å². The van der Waals surface area contributed by atoms with Gasteiger partial charge in [0.2, 0.25) is 0 Å². The molecule has 4 nitrogen and oxygen atoms in total. The standard InChI is InChI=1S/C14H10ClNO3/c1-8(17)9-2-4-10(5-3-9)11-6-12(14(18)19)13(15)16-7-11/h2-7H,1H3,(H,18,19). The number of Topliss-reactive ketones (excluding diaryl/α,β-unsaturated/α-hetero) is 1. The summed E-state index contributed by atoms with van der Waals surface area (Å²) in [5.74, 6) is -1.15. The van der Waals surface area contributed by atoms with Crippen molar-refractivity contribution in [2.75, 3.05) is 0 Å². The minimum Gasteiger partial charge on any atom is -0.478 e. The molecule has 0 amide bonds. The molecule has 0 aliphatic carbocycles. The molecule has 0 atom stereocenters. The summed E-state index contributed by atoms with van der Waals surface area (Å²) in [5.41, 5.74) is 1.97. The number of carbonyl (C=O) groups excluding carboxylic acids is 1. The maximum Gasteiger partial charge on any atom is 0.338 e. The van der Waals surface area contributed by atoms with E-state index in [0.29, 0.717) is 11.1 Å². The number of aromatic nitrogens is 1. The Morgan fingerprint density at radius 1 is 1.16 bits per heavy atom. The van der Waals surface area contributed by atoms with E-state index in [1.54, 1.807) is 24.3 Å². The highest BCUT2D eigenvalue weighted by atomic mass is 35.5. The molecule has 0 bridgehead atoms. The zero-order valence-electron chi connectivity index (χ0n) is 10.1. The number of carboxylic acids is 1. The lowest BCUT2D eigenvalue weighted by Crippen LogP contribution is -1.99. The van der Waals surface area contributed by atoms with E-state index in [9.17, 15) is 9.59 Å². The van der Waals surface area contributed by atoms with Crippen LogP contribution in [0.1, 0.15) is 27.6 Å². The molecule has 2 aromatic rings. The molecule has 0 aliphatic heterocycles. The van der Waals surface area contributed by atoms with Gasteiger partial charge in [-0.2, -0.15) is 0 Å². The summed E-state index contributed by atoms with van der Waals surface area (Å²) in [4.78, 5) is 26.0. The van der Waals surface area contributed by atoms with Gasteiger partial charge in [0.1, 0.15) is 5.15 Å². The van der Waals surface area contributed by atoms with Gasteiger partial charge in [-0.1, -0.05) is 35.9 Å². The third-order valence-corrected chi connectivity index (χ3v) is 3.00. The zero-order chi connectivity index (χ0) is 14.0. The van der Waals surface area contributed by atoms with Crippen LogP contribution < -0.4 is 0 Å². The Labute approximate surface area is 114 Å². The van der Waals surface area contributed by atoms with Crippen LogP contribution in [-0.2, 0) is 0 Å². The average molecular weight is 276 g/mol. The molecule has 0 fully saturated rings. The highest BCUT2D eigenvalue weighted by molar-refractivity contribution is 6.32. The van der Waals surface area contributed by atoms with Crippen molar-refractivity contribution in [3.8, 4) is 11.1 Å². The molecule has 1 N–H and O–H groups in total. The minimum absolute atomic E-state index is 0.0213. The first-order chi connectivity index (χ1) is 8.99. The molecule has 19 heavy (non-hydrogen) atoms. The van der Waals surface area contributed by atoms with Crippen molar-refractivity contribution in [3.63, 3.8) is 0 Å². The molecule has 0 spiro atoms. The van der Waals surface area contributed by atoms with Crippen molar-refractivity contribution < 1.29 is 14.7 Å². The Bertz CT molecular complexity index is 650. The second-order valence-corrected chi connectivity index (χ2v) is 4.36. The van der Waals surface area contributed by atoms with E-state index >= 15 is 0 Å². The van der Waals surface area contributed by atoms with Crippen molar-refractivity contribution in [2.24, 2.45) is 0 Å². The maximum atomic E-state index is 11.2. The number of carbonyl (C=O) groups is 2. The average Bonchev–Trinajstić information content (AvgIpc) is 2.39. The third kappa shape index (κ3) is 2.80. The van der Waals surface area contributed by atoms with Gasteiger partial charge in [0, 0.05) is 17.3 Å². The summed E-state index contributed by atoms with van der Waals surface area (Å²) in [6.07, 6.45) is 1.50. The first-order valence-electron chi connectivity index (χ1n) is 5.49. The van der Waals surface area contributed by atoms with Crippen molar-refractivity contribution in [2.45, 2.75) is 6.92 Å². The van der Waals surface area contributed by atoms with E-state index in [4.69, 9.17) is 16.7 Å². The molecule has 1 aromatic heterocycles. The van der Waals surface area contributed by atoms with Crippen molar-refractivity contribution >= 4 is 23.4 Å². The van der Waals surface area contributed by atoms with E-state index in [1.807, 2.05) is 0 Å². The van der Waals surface area contributed by atoms with Crippen molar-refractivity contribution in [1.82, 2.24) is 4.98 Å². The second kappa shape index (κ2) is 5.20. The summed E-state index contributed by atoms with van der Waals surface area (Å²) in [6.45, 7) is 1.49. The third-order valence-electron chi connectivity index (χ3n) is 2.69. The number of benzene rings is 1. The Kier molecular flexibility index (Phi) is 3.62. The number of carboxylic acid groups (broad SMARTS) is 1. The van der Waals surface area contributed by atoms with Crippen LogP contribution in [-0.4, -0.2) is 21.8 Å². The lowest BCUT2D eigenvalue weighted by molar-refractivity contribution is 0.0696. The highest BCUT2D eigenvalue weighted by Crippen LogP contribution is 2.23. The van der Waals surface area contributed by atoms with E-state index < -0.39 is 5.97 Å². The molecule has 5 heteroatoms. The maximum absolute atomic E-state index is 11.2. The van der Waals surface area contributed by atoms with E-state index in [2.05, 4.69) is 4.98 Å². The summed E-state index contributed by atoms with van der Waals surface area (Å²) in [5, 5.41) is 8.94. The minimum atomic E-state index is -1.13. The number of rotatable bonds is 3. The zero-order valence-corrected chi connectivity index (χ0v) is 10.8. The molecule has 0 saturated carbocycles. The van der Waals surface area contributed by atoms with Gasteiger partial charge in [0.05, 0.1) is 5.56 Å². The van der Waals surface area contributed by atoms with Gasteiger partial charge < -0.3 is 5.11 Å². The fourth-order valence-electron chi connectivity index (χ4n) is 1.65. The van der Waals surface area contributed by atoms with Crippen LogP contribution in [0.5, 0.6) is 0 Å². The largest absolute Gasteiger partial charge is 0.478 e. The fraction of sp³-hybridized carbons (Fsp3) is 0.0714. The predicted molar refractivity (Wildman–Crippen MR) is 71.6 cm³/mol. The quantitative estimate of drug-likeness (QED) is 0.689. The molecule has 0 unspecified atom stereocenters. The Morgan fingerprint density at radius 2 is 1.79 bits per heavy atom. The highest BCUT2D eigenvalue weighted by Gasteiger charge is 2.11. The molecule has 0 radical (unpaired) electrons. The number of hydrogen-bond donors (Lipinski definition) is 1. The van der Waals surface area contributed by atoms with Crippen LogP contribution in [0.2, 0.25) is 5.15 Å². The van der Waals surface area contributed by atoms with Crippen molar-refractivity contribution in [1.29, 1.82) is 0 Å². The van der Waals surface area contributed by atoms with Crippen LogP contribution in [0.15, 0.2) is 36.5 Å². The van der Waals surface area contributed by atoms with Crippen LogP contribution in [0.3, 0.4) is 0 Å². The van der Waals surface area contributed by atoms with Crippen LogP contribution in [0.4, 0.5) is 0 Å². The molecule has 1 heterocycles. The number of nitrogens with zero attached hydrogens (tertiary/aromatic N) is 1. The van der Waals surface area contributed by atoms with E-state index in [0.717, 1.165) is 5.56 Å². The lowest BCUT2D eigenvalue weighted by atomic mass is 10.0. The Hall–Kier alpha value is -2.20.